The number of aromatic carboxylic acids is 1. The van der Waals surface area contributed by atoms with Crippen LogP contribution in [0, 0.1) is 5.41 Å². The van der Waals surface area contributed by atoms with Crippen molar-refractivity contribution in [2.75, 3.05) is 0 Å². The standard InChI is InChI=1S/C15H19N3O2/c1-15(2)7-5-11(6-8-15)18-13-9-10(14(19)20)3-4-12(13)16-17-18/h3-4,9,11H,5-8H2,1-2H3,(H,19,20). The van der Waals surface area contributed by atoms with Crippen LogP contribution in [0.15, 0.2) is 18.2 Å². The predicted molar refractivity (Wildman–Crippen MR) is 75.8 cm³/mol. The highest BCUT2D eigenvalue weighted by Crippen LogP contribution is 2.40. The van der Waals surface area contributed by atoms with Gasteiger partial charge in [-0.15, -0.1) is 5.10 Å². The van der Waals surface area contributed by atoms with Gasteiger partial charge in [0, 0.05) is 0 Å². The van der Waals surface area contributed by atoms with E-state index in [0.717, 1.165) is 36.7 Å². The molecule has 3 rings (SSSR count). The lowest BCUT2D eigenvalue weighted by Gasteiger charge is -2.34. The second-order valence-electron chi connectivity index (χ2n) is 6.44. The minimum Gasteiger partial charge on any atom is -0.478 e. The number of rotatable bonds is 2. The molecule has 1 aliphatic rings. The molecule has 5 nitrogen and oxygen atoms in total. The number of carboxylic acids is 1. The maximum atomic E-state index is 11.1. The van der Waals surface area contributed by atoms with Crippen molar-refractivity contribution < 1.29 is 9.90 Å². The summed E-state index contributed by atoms with van der Waals surface area (Å²) < 4.78 is 1.91. The summed E-state index contributed by atoms with van der Waals surface area (Å²) in [5.41, 5.74) is 2.28. The average molecular weight is 273 g/mol. The molecule has 1 aliphatic carbocycles. The van der Waals surface area contributed by atoms with Crippen molar-refractivity contribution in [1.29, 1.82) is 0 Å². The third kappa shape index (κ3) is 2.28. The van der Waals surface area contributed by atoms with E-state index in [9.17, 15) is 4.79 Å². The molecular formula is C15H19N3O2. The molecule has 106 valence electrons. The van der Waals surface area contributed by atoms with Gasteiger partial charge in [-0.1, -0.05) is 19.1 Å². The van der Waals surface area contributed by atoms with E-state index in [1.807, 2.05) is 4.68 Å². The van der Waals surface area contributed by atoms with Gasteiger partial charge in [-0.05, 0) is 49.3 Å². The van der Waals surface area contributed by atoms with Gasteiger partial charge in [0.2, 0.25) is 0 Å². The monoisotopic (exact) mass is 273 g/mol. The lowest BCUT2D eigenvalue weighted by molar-refractivity contribution is 0.0697. The van der Waals surface area contributed by atoms with E-state index in [2.05, 4.69) is 24.2 Å². The average Bonchev–Trinajstić information content (AvgIpc) is 2.81. The predicted octanol–water partition coefficient (Wildman–Crippen LogP) is 3.27. The molecule has 0 amide bonds. The normalized spacial score (nSPS) is 19.3. The summed E-state index contributed by atoms with van der Waals surface area (Å²) in [4.78, 5) is 11.1. The first-order chi connectivity index (χ1) is 9.46. The highest BCUT2D eigenvalue weighted by atomic mass is 16.4. The fourth-order valence-corrected chi connectivity index (χ4v) is 2.97. The molecule has 1 N–H and O–H groups in total. The summed E-state index contributed by atoms with van der Waals surface area (Å²) >= 11 is 0. The molecule has 1 fully saturated rings. The van der Waals surface area contributed by atoms with Crippen molar-refractivity contribution in [3.05, 3.63) is 23.8 Å². The molecule has 1 heterocycles. The number of carbonyl (C=O) groups is 1. The molecule has 20 heavy (non-hydrogen) atoms. The zero-order valence-electron chi connectivity index (χ0n) is 11.8. The van der Waals surface area contributed by atoms with E-state index >= 15 is 0 Å². The van der Waals surface area contributed by atoms with Crippen LogP contribution >= 0.6 is 0 Å². The Balaban J connectivity index is 1.96. The van der Waals surface area contributed by atoms with Gasteiger partial charge in [0.15, 0.2) is 0 Å². The van der Waals surface area contributed by atoms with Gasteiger partial charge in [0.25, 0.3) is 0 Å². The fourth-order valence-electron chi connectivity index (χ4n) is 2.97. The smallest absolute Gasteiger partial charge is 0.335 e. The zero-order valence-corrected chi connectivity index (χ0v) is 11.8. The van der Waals surface area contributed by atoms with Gasteiger partial charge in [-0.2, -0.15) is 0 Å². The van der Waals surface area contributed by atoms with E-state index < -0.39 is 5.97 Å². The number of hydrogen-bond donors (Lipinski definition) is 1. The van der Waals surface area contributed by atoms with Crippen LogP contribution in [0.3, 0.4) is 0 Å². The summed E-state index contributed by atoms with van der Waals surface area (Å²) in [6.45, 7) is 4.59. The fraction of sp³-hybridized carbons (Fsp3) is 0.533. The van der Waals surface area contributed by atoms with Gasteiger partial charge in [0.05, 0.1) is 17.1 Å². The topological polar surface area (TPSA) is 68.0 Å². The van der Waals surface area contributed by atoms with E-state index in [0.29, 0.717) is 11.5 Å². The molecule has 0 aliphatic heterocycles. The number of aromatic nitrogens is 3. The second kappa shape index (κ2) is 4.58. The summed E-state index contributed by atoms with van der Waals surface area (Å²) in [6.07, 6.45) is 4.47. The Kier molecular flexibility index (Phi) is 3.00. The van der Waals surface area contributed by atoms with Gasteiger partial charge in [0.1, 0.15) is 5.52 Å². The molecule has 0 bridgehead atoms. The van der Waals surface area contributed by atoms with E-state index in [1.54, 1.807) is 18.2 Å². The minimum atomic E-state index is -0.913. The van der Waals surface area contributed by atoms with E-state index in [4.69, 9.17) is 5.11 Å². The Morgan fingerprint density at radius 1 is 1.35 bits per heavy atom. The summed E-state index contributed by atoms with van der Waals surface area (Å²) in [5.74, 6) is -0.913. The van der Waals surface area contributed by atoms with Crippen molar-refractivity contribution in [2.45, 2.75) is 45.6 Å². The van der Waals surface area contributed by atoms with Gasteiger partial charge < -0.3 is 5.11 Å². The van der Waals surface area contributed by atoms with Crippen molar-refractivity contribution in [3.63, 3.8) is 0 Å². The molecule has 0 radical (unpaired) electrons. The molecule has 1 aromatic heterocycles. The first-order valence-corrected chi connectivity index (χ1v) is 7.04. The Morgan fingerprint density at radius 3 is 2.70 bits per heavy atom. The Bertz CT molecular complexity index is 650. The second-order valence-corrected chi connectivity index (χ2v) is 6.44. The largest absolute Gasteiger partial charge is 0.478 e. The SMILES string of the molecule is CC1(C)CCC(n2nnc3ccc(C(=O)O)cc32)CC1. The number of nitrogens with zero attached hydrogens (tertiary/aromatic N) is 3. The highest BCUT2D eigenvalue weighted by molar-refractivity contribution is 5.92. The maximum Gasteiger partial charge on any atom is 0.335 e. The maximum absolute atomic E-state index is 11.1. The third-order valence-corrected chi connectivity index (χ3v) is 4.37. The molecule has 2 aromatic rings. The van der Waals surface area contributed by atoms with Crippen LogP contribution in [0.5, 0.6) is 0 Å². The summed E-state index contributed by atoms with van der Waals surface area (Å²) in [6, 6.07) is 5.32. The Labute approximate surface area is 117 Å². The molecular weight excluding hydrogens is 254 g/mol. The lowest BCUT2D eigenvalue weighted by atomic mass is 9.75. The van der Waals surface area contributed by atoms with Crippen LogP contribution in [-0.4, -0.2) is 26.1 Å². The lowest BCUT2D eigenvalue weighted by Crippen LogP contribution is -2.24. The van der Waals surface area contributed by atoms with Crippen molar-refractivity contribution >= 4 is 17.0 Å². The minimum absolute atomic E-state index is 0.289. The van der Waals surface area contributed by atoms with Crippen LogP contribution in [0.4, 0.5) is 0 Å². The van der Waals surface area contributed by atoms with Crippen molar-refractivity contribution in [1.82, 2.24) is 15.0 Å². The third-order valence-electron chi connectivity index (χ3n) is 4.37. The quantitative estimate of drug-likeness (QED) is 0.911. The zero-order chi connectivity index (χ0) is 14.3. The number of benzene rings is 1. The number of fused-ring (bicyclic) bond motifs is 1. The molecule has 1 aromatic carbocycles. The summed E-state index contributed by atoms with van der Waals surface area (Å²) in [5, 5.41) is 17.5. The van der Waals surface area contributed by atoms with Crippen LogP contribution in [0.25, 0.3) is 11.0 Å². The van der Waals surface area contributed by atoms with Crippen LogP contribution in [0.1, 0.15) is 55.9 Å². The van der Waals surface area contributed by atoms with Crippen LogP contribution in [-0.2, 0) is 0 Å². The Hall–Kier alpha value is -1.91. The molecule has 0 atom stereocenters. The summed E-state index contributed by atoms with van der Waals surface area (Å²) in [7, 11) is 0. The van der Waals surface area contributed by atoms with Crippen LogP contribution in [0.2, 0.25) is 0 Å². The van der Waals surface area contributed by atoms with Crippen molar-refractivity contribution in [2.24, 2.45) is 5.41 Å². The van der Waals surface area contributed by atoms with Crippen LogP contribution < -0.4 is 0 Å². The first kappa shape index (κ1) is 13.1. The Morgan fingerprint density at radius 2 is 2.05 bits per heavy atom. The van der Waals surface area contributed by atoms with E-state index in [1.165, 1.54) is 0 Å². The molecule has 5 heteroatoms. The van der Waals surface area contributed by atoms with E-state index in [-0.39, 0.29) is 5.56 Å². The van der Waals surface area contributed by atoms with Gasteiger partial charge >= 0.3 is 5.97 Å². The van der Waals surface area contributed by atoms with Gasteiger partial charge in [-0.25, -0.2) is 9.48 Å². The molecule has 1 saturated carbocycles. The number of carboxylic acid groups (broad SMARTS) is 1. The molecule has 0 saturated heterocycles. The molecule has 0 spiro atoms. The molecule has 0 unspecified atom stereocenters. The van der Waals surface area contributed by atoms with Gasteiger partial charge in [-0.3, -0.25) is 0 Å². The first-order valence-electron chi connectivity index (χ1n) is 7.04. The highest BCUT2D eigenvalue weighted by Gasteiger charge is 2.29. The van der Waals surface area contributed by atoms with Crippen molar-refractivity contribution in [3.8, 4) is 0 Å². The number of hydrogen-bond acceptors (Lipinski definition) is 3.